The highest BCUT2D eigenvalue weighted by molar-refractivity contribution is 5.92. The number of hydrogen-bond donors (Lipinski definition) is 0. The van der Waals surface area contributed by atoms with Crippen molar-refractivity contribution in [2.45, 2.75) is 31.9 Å². The highest BCUT2D eigenvalue weighted by Crippen LogP contribution is 2.24. The van der Waals surface area contributed by atoms with Crippen LogP contribution in [-0.4, -0.2) is 30.5 Å². The van der Waals surface area contributed by atoms with E-state index in [0.29, 0.717) is 31.1 Å². The van der Waals surface area contributed by atoms with Crippen molar-refractivity contribution in [3.63, 3.8) is 0 Å². The van der Waals surface area contributed by atoms with E-state index in [-0.39, 0.29) is 17.8 Å². The Bertz CT molecular complexity index is 682. The second-order valence-corrected chi connectivity index (χ2v) is 5.83. The molecule has 1 atom stereocenters. The maximum Gasteiger partial charge on any atom is 0.289 e. The lowest BCUT2D eigenvalue weighted by Gasteiger charge is -2.24. The van der Waals surface area contributed by atoms with Crippen LogP contribution in [0.4, 0.5) is 4.39 Å². The fourth-order valence-corrected chi connectivity index (χ4v) is 3.11. The molecule has 0 N–H and O–H groups in total. The van der Waals surface area contributed by atoms with Crippen molar-refractivity contribution >= 4 is 5.91 Å². The molecule has 1 aliphatic rings. The van der Waals surface area contributed by atoms with E-state index in [4.69, 9.17) is 9.15 Å². The summed E-state index contributed by atoms with van der Waals surface area (Å²) in [5, 5.41) is 0. The van der Waals surface area contributed by atoms with E-state index in [1.54, 1.807) is 25.3 Å². The molecule has 4 nitrogen and oxygen atoms in total. The Kier molecular flexibility index (Phi) is 4.76. The maximum absolute atomic E-state index is 13.3. The van der Waals surface area contributed by atoms with Crippen molar-refractivity contribution in [3.8, 4) is 0 Å². The Morgan fingerprint density at radius 2 is 2.26 bits per heavy atom. The first-order chi connectivity index (χ1) is 11.2. The van der Waals surface area contributed by atoms with Crippen molar-refractivity contribution in [3.05, 3.63) is 59.3 Å². The molecule has 2 heterocycles. The van der Waals surface area contributed by atoms with Crippen LogP contribution in [0, 0.1) is 5.82 Å². The number of amides is 1. The smallest absolute Gasteiger partial charge is 0.289 e. The SMILES string of the molecule is COCc1ccc(C(=O)N2CCCC2Cc2cccc(F)c2)o1. The molecule has 23 heavy (non-hydrogen) atoms. The van der Waals surface area contributed by atoms with Gasteiger partial charge >= 0.3 is 0 Å². The first-order valence-electron chi connectivity index (χ1n) is 7.80. The quantitative estimate of drug-likeness (QED) is 0.848. The zero-order valence-electron chi connectivity index (χ0n) is 13.1. The summed E-state index contributed by atoms with van der Waals surface area (Å²) in [6, 6.07) is 10.1. The molecule has 1 unspecified atom stereocenters. The maximum atomic E-state index is 13.3. The van der Waals surface area contributed by atoms with Crippen LogP contribution in [0.15, 0.2) is 40.8 Å². The molecule has 2 aromatic rings. The van der Waals surface area contributed by atoms with Crippen LogP contribution in [0.2, 0.25) is 0 Å². The fraction of sp³-hybridized carbons (Fsp3) is 0.389. The minimum Gasteiger partial charge on any atom is -0.453 e. The third-order valence-corrected chi connectivity index (χ3v) is 4.16. The molecular weight excluding hydrogens is 297 g/mol. The van der Waals surface area contributed by atoms with Gasteiger partial charge in [-0.05, 0) is 49.1 Å². The second-order valence-electron chi connectivity index (χ2n) is 5.83. The highest BCUT2D eigenvalue weighted by atomic mass is 19.1. The molecule has 122 valence electrons. The van der Waals surface area contributed by atoms with Gasteiger partial charge in [-0.15, -0.1) is 0 Å². The molecule has 1 fully saturated rings. The number of benzene rings is 1. The van der Waals surface area contributed by atoms with Crippen LogP contribution in [0.1, 0.15) is 34.7 Å². The van der Waals surface area contributed by atoms with Crippen LogP contribution >= 0.6 is 0 Å². The molecule has 3 rings (SSSR count). The van der Waals surface area contributed by atoms with E-state index in [2.05, 4.69) is 0 Å². The molecule has 1 aliphatic heterocycles. The number of nitrogens with zero attached hydrogens (tertiary/aromatic N) is 1. The van der Waals surface area contributed by atoms with Gasteiger partial charge in [-0.25, -0.2) is 4.39 Å². The predicted molar refractivity (Wildman–Crippen MR) is 83.6 cm³/mol. The first-order valence-corrected chi connectivity index (χ1v) is 7.80. The van der Waals surface area contributed by atoms with Crippen molar-refractivity contribution in [1.29, 1.82) is 0 Å². The van der Waals surface area contributed by atoms with Crippen molar-refractivity contribution in [2.75, 3.05) is 13.7 Å². The Morgan fingerprint density at radius 1 is 1.39 bits per heavy atom. The number of methoxy groups -OCH3 is 1. The van der Waals surface area contributed by atoms with Crippen LogP contribution in [-0.2, 0) is 17.8 Å². The summed E-state index contributed by atoms with van der Waals surface area (Å²) in [7, 11) is 1.58. The molecule has 5 heteroatoms. The Hall–Kier alpha value is -2.14. The minimum atomic E-state index is -0.242. The lowest BCUT2D eigenvalue weighted by Crippen LogP contribution is -2.36. The number of halogens is 1. The summed E-state index contributed by atoms with van der Waals surface area (Å²) >= 11 is 0. The highest BCUT2D eigenvalue weighted by Gasteiger charge is 2.31. The van der Waals surface area contributed by atoms with E-state index in [9.17, 15) is 9.18 Å². The van der Waals surface area contributed by atoms with Crippen LogP contribution in [0.25, 0.3) is 0 Å². The normalized spacial score (nSPS) is 17.7. The number of likely N-dealkylation sites (tertiary alicyclic amines) is 1. The number of carbonyl (C=O) groups excluding carboxylic acids is 1. The molecule has 0 saturated carbocycles. The summed E-state index contributed by atoms with van der Waals surface area (Å²) in [4.78, 5) is 14.5. The largest absolute Gasteiger partial charge is 0.453 e. The average molecular weight is 317 g/mol. The van der Waals surface area contributed by atoms with E-state index in [1.807, 2.05) is 11.0 Å². The van der Waals surface area contributed by atoms with Gasteiger partial charge in [-0.2, -0.15) is 0 Å². The van der Waals surface area contributed by atoms with Crippen molar-refractivity contribution in [1.82, 2.24) is 4.90 Å². The Balaban J connectivity index is 1.71. The van der Waals surface area contributed by atoms with Gasteiger partial charge in [0, 0.05) is 19.7 Å². The minimum absolute atomic E-state index is 0.0836. The van der Waals surface area contributed by atoms with Gasteiger partial charge in [0.2, 0.25) is 0 Å². The van der Waals surface area contributed by atoms with Crippen LogP contribution in [0.5, 0.6) is 0 Å². The van der Waals surface area contributed by atoms with Gasteiger partial charge in [0.15, 0.2) is 5.76 Å². The van der Waals surface area contributed by atoms with Gasteiger partial charge in [0.05, 0.1) is 0 Å². The lowest BCUT2D eigenvalue weighted by atomic mass is 10.0. The number of ether oxygens (including phenoxy) is 1. The summed E-state index contributed by atoms with van der Waals surface area (Å²) in [5.74, 6) is 0.625. The van der Waals surface area contributed by atoms with E-state index < -0.39 is 0 Å². The molecule has 1 saturated heterocycles. The van der Waals surface area contributed by atoms with Gasteiger partial charge < -0.3 is 14.1 Å². The number of hydrogen-bond acceptors (Lipinski definition) is 3. The monoisotopic (exact) mass is 317 g/mol. The summed E-state index contributed by atoms with van der Waals surface area (Å²) in [5.41, 5.74) is 0.911. The summed E-state index contributed by atoms with van der Waals surface area (Å²) in [6.45, 7) is 1.05. The van der Waals surface area contributed by atoms with Gasteiger partial charge in [-0.1, -0.05) is 12.1 Å². The van der Waals surface area contributed by atoms with E-state index >= 15 is 0 Å². The fourth-order valence-electron chi connectivity index (χ4n) is 3.11. The summed E-state index contributed by atoms with van der Waals surface area (Å²) < 4.78 is 23.9. The van der Waals surface area contributed by atoms with E-state index in [0.717, 1.165) is 18.4 Å². The third-order valence-electron chi connectivity index (χ3n) is 4.16. The number of rotatable bonds is 5. The molecule has 1 aromatic carbocycles. The van der Waals surface area contributed by atoms with E-state index in [1.165, 1.54) is 12.1 Å². The van der Waals surface area contributed by atoms with Gasteiger partial charge in [-0.3, -0.25) is 4.79 Å². The average Bonchev–Trinajstić information content (AvgIpc) is 3.16. The lowest BCUT2D eigenvalue weighted by molar-refractivity contribution is 0.0696. The number of carbonyl (C=O) groups is 1. The molecule has 0 spiro atoms. The van der Waals surface area contributed by atoms with Crippen LogP contribution < -0.4 is 0 Å². The zero-order valence-corrected chi connectivity index (χ0v) is 13.1. The topological polar surface area (TPSA) is 42.7 Å². The molecule has 0 bridgehead atoms. The summed E-state index contributed by atoms with van der Waals surface area (Å²) in [6.07, 6.45) is 2.54. The molecule has 0 radical (unpaired) electrons. The van der Waals surface area contributed by atoms with Crippen molar-refractivity contribution < 1.29 is 18.3 Å². The van der Waals surface area contributed by atoms with Gasteiger partial charge in [0.25, 0.3) is 5.91 Å². The predicted octanol–water partition coefficient (Wildman–Crippen LogP) is 3.41. The third kappa shape index (κ3) is 3.62. The molecular formula is C18H20FNO3. The first kappa shape index (κ1) is 15.7. The number of furan rings is 1. The molecule has 1 amide bonds. The molecule has 0 aliphatic carbocycles. The zero-order chi connectivity index (χ0) is 16.2. The second kappa shape index (κ2) is 6.96. The molecule has 1 aromatic heterocycles. The van der Waals surface area contributed by atoms with Gasteiger partial charge in [0.1, 0.15) is 18.2 Å². The van der Waals surface area contributed by atoms with Crippen LogP contribution in [0.3, 0.4) is 0 Å². The van der Waals surface area contributed by atoms with Crippen molar-refractivity contribution in [2.24, 2.45) is 0 Å². The standard InChI is InChI=1S/C18H20FNO3/c1-22-12-16-7-8-17(23-16)18(21)20-9-3-6-15(20)11-13-4-2-5-14(19)10-13/h2,4-5,7-8,10,15H,3,6,9,11-12H2,1H3. The Labute approximate surface area is 134 Å². The Morgan fingerprint density at radius 3 is 3.04 bits per heavy atom.